The second kappa shape index (κ2) is 65.4. The molecule has 3 N–H and O–H groups in total. The Labute approximate surface area is 470 Å². The van der Waals surface area contributed by atoms with Gasteiger partial charge in [-0.25, -0.2) is 0 Å². The molecule has 0 aromatic rings. The van der Waals surface area contributed by atoms with Crippen LogP contribution in [-0.2, 0) is 14.3 Å². The van der Waals surface area contributed by atoms with E-state index in [2.05, 4.69) is 19.2 Å². The molecule has 75 heavy (non-hydrogen) atoms. The van der Waals surface area contributed by atoms with Crippen LogP contribution in [0.3, 0.4) is 0 Å². The Morgan fingerprint density at radius 2 is 0.547 bits per heavy atom. The van der Waals surface area contributed by atoms with Crippen LogP contribution in [0, 0.1) is 0 Å². The molecule has 0 aliphatic rings. The molecule has 0 spiro atoms. The fourth-order valence-electron chi connectivity index (χ4n) is 11.4. The molecule has 6 heteroatoms. The van der Waals surface area contributed by atoms with Crippen LogP contribution < -0.4 is 5.32 Å². The van der Waals surface area contributed by atoms with E-state index >= 15 is 0 Å². The van der Waals surface area contributed by atoms with Crippen LogP contribution in [0.25, 0.3) is 0 Å². The van der Waals surface area contributed by atoms with Crippen molar-refractivity contribution in [1.29, 1.82) is 0 Å². The second-order valence-corrected chi connectivity index (χ2v) is 24.2. The van der Waals surface area contributed by atoms with Gasteiger partial charge in [-0.2, -0.15) is 0 Å². The number of rotatable bonds is 66. The number of carbonyl (C=O) groups excluding carboxylic acids is 2. The third kappa shape index (κ3) is 61.9. The molecule has 0 fully saturated rings. The highest BCUT2D eigenvalue weighted by Gasteiger charge is 2.20. The number of carbonyl (C=O) groups is 2. The number of hydrogen-bond acceptors (Lipinski definition) is 5. The zero-order valence-electron chi connectivity index (χ0n) is 51.3. The van der Waals surface area contributed by atoms with Crippen LogP contribution in [0.1, 0.15) is 406 Å². The normalized spacial score (nSPS) is 12.4. The summed E-state index contributed by atoms with van der Waals surface area (Å²) in [6, 6.07) is -0.537. The molecule has 0 aromatic carbocycles. The van der Waals surface area contributed by atoms with E-state index in [1.54, 1.807) is 0 Å². The Kier molecular flexibility index (Phi) is 64.4. The van der Waals surface area contributed by atoms with E-state index in [9.17, 15) is 19.8 Å². The van der Waals surface area contributed by atoms with Crippen molar-refractivity contribution in [2.24, 2.45) is 0 Å². The lowest BCUT2D eigenvalue weighted by Gasteiger charge is -2.22. The van der Waals surface area contributed by atoms with E-state index in [1.165, 1.54) is 334 Å². The van der Waals surface area contributed by atoms with Gasteiger partial charge in [0.05, 0.1) is 25.4 Å². The first-order valence-corrected chi connectivity index (χ1v) is 34.8. The van der Waals surface area contributed by atoms with Crippen LogP contribution in [-0.4, -0.2) is 47.4 Å². The summed E-state index contributed by atoms with van der Waals surface area (Å²) < 4.78 is 5.50. The van der Waals surface area contributed by atoms with E-state index in [0.29, 0.717) is 25.9 Å². The molecule has 0 aromatic heterocycles. The van der Waals surface area contributed by atoms with Gasteiger partial charge in [-0.1, -0.05) is 367 Å². The van der Waals surface area contributed by atoms with Gasteiger partial charge in [-0.3, -0.25) is 9.59 Å². The molecule has 0 bridgehead atoms. The summed E-state index contributed by atoms with van der Waals surface area (Å²) in [4.78, 5) is 24.6. The van der Waals surface area contributed by atoms with Crippen molar-refractivity contribution in [3.63, 3.8) is 0 Å². The Morgan fingerprint density at radius 3 is 0.813 bits per heavy atom. The van der Waals surface area contributed by atoms with E-state index < -0.39 is 12.1 Å². The first-order chi connectivity index (χ1) is 37.0. The quantitative estimate of drug-likeness (QED) is 0.0417. The SMILES string of the molecule is CCCCCCCCCCCCCCCCCC(=O)OCCCCCCCCCCCCCCCCCCCCCCCCCCCCCCC(=O)NC(CO)C(O)CCCCCCCCCCCCCCCCC. The molecule has 0 heterocycles. The van der Waals surface area contributed by atoms with Gasteiger partial charge in [0.2, 0.25) is 5.91 Å². The van der Waals surface area contributed by atoms with Crippen molar-refractivity contribution in [3.05, 3.63) is 0 Å². The number of hydrogen-bond donors (Lipinski definition) is 3. The lowest BCUT2D eigenvalue weighted by Crippen LogP contribution is -2.45. The third-order valence-corrected chi connectivity index (χ3v) is 16.7. The van der Waals surface area contributed by atoms with Crippen molar-refractivity contribution in [3.8, 4) is 0 Å². The summed E-state index contributed by atoms with van der Waals surface area (Å²) in [7, 11) is 0. The first-order valence-electron chi connectivity index (χ1n) is 34.8. The van der Waals surface area contributed by atoms with Gasteiger partial charge < -0.3 is 20.3 Å². The Hall–Kier alpha value is -1.14. The average molecular weight is 1060 g/mol. The van der Waals surface area contributed by atoms with Crippen molar-refractivity contribution < 1.29 is 24.5 Å². The van der Waals surface area contributed by atoms with Crippen LogP contribution >= 0.6 is 0 Å². The summed E-state index contributed by atoms with van der Waals surface area (Å²) in [5.74, 6) is -0.00521. The lowest BCUT2D eigenvalue weighted by atomic mass is 10.0. The van der Waals surface area contributed by atoms with Crippen LogP contribution in [0.4, 0.5) is 0 Å². The Morgan fingerprint density at radius 1 is 0.320 bits per heavy atom. The highest BCUT2D eigenvalue weighted by Crippen LogP contribution is 2.19. The molecule has 6 nitrogen and oxygen atoms in total. The number of aliphatic hydroxyl groups excluding tert-OH is 2. The minimum absolute atomic E-state index is 0.0229. The average Bonchev–Trinajstić information content (AvgIpc) is 3.41. The van der Waals surface area contributed by atoms with Gasteiger partial charge in [0.15, 0.2) is 0 Å². The molecule has 0 saturated heterocycles. The number of ether oxygens (including phenoxy) is 1. The van der Waals surface area contributed by atoms with Crippen LogP contribution in [0.15, 0.2) is 0 Å². The van der Waals surface area contributed by atoms with E-state index in [0.717, 1.165) is 38.5 Å². The van der Waals surface area contributed by atoms with E-state index in [1.807, 2.05) is 0 Å². The van der Waals surface area contributed by atoms with Gasteiger partial charge in [-0.15, -0.1) is 0 Å². The molecular weight excluding hydrogens is 923 g/mol. The van der Waals surface area contributed by atoms with Gasteiger partial charge in [0.1, 0.15) is 0 Å². The van der Waals surface area contributed by atoms with Crippen molar-refractivity contribution >= 4 is 11.9 Å². The fraction of sp³-hybridized carbons (Fsp3) is 0.971. The second-order valence-electron chi connectivity index (χ2n) is 24.2. The van der Waals surface area contributed by atoms with Crippen molar-refractivity contribution in [2.75, 3.05) is 13.2 Å². The van der Waals surface area contributed by atoms with Crippen molar-refractivity contribution in [1.82, 2.24) is 5.32 Å². The van der Waals surface area contributed by atoms with E-state index in [4.69, 9.17) is 4.74 Å². The minimum Gasteiger partial charge on any atom is -0.466 e. The van der Waals surface area contributed by atoms with Crippen LogP contribution in [0.5, 0.6) is 0 Å². The Balaban J connectivity index is 3.31. The topological polar surface area (TPSA) is 95.9 Å². The Bertz CT molecular complexity index is 1080. The van der Waals surface area contributed by atoms with Gasteiger partial charge in [0, 0.05) is 12.8 Å². The monoisotopic (exact) mass is 1060 g/mol. The molecule has 0 radical (unpaired) electrons. The summed E-state index contributed by atoms with van der Waals surface area (Å²) in [5.41, 5.74) is 0. The number of aliphatic hydroxyl groups is 2. The molecule has 2 atom stereocenters. The maximum atomic E-state index is 12.5. The number of esters is 1. The van der Waals surface area contributed by atoms with E-state index in [-0.39, 0.29) is 18.5 Å². The highest BCUT2D eigenvalue weighted by molar-refractivity contribution is 5.76. The molecule has 0 aliphatic heterocycles. The molecule has 448 valence electrons. The standard InChI is InChI=1S/C69H137NO5/c1-3-5-7-9-11-13-15-17-33-37-41-45-49-53-57-61-67(72)66(65-71)70-68(73)62-58-54-50-46-42-38-35-31-29-27-25-23-21-19-20-22-24-26-28-30-32-36-40-44-48-52-56-60-64-75-69(74)63-59-55-51-47-43-39-34-18-16-14-12-10-8-6-4-2/h66-67,71-72H,3-65H2,1-2H3,(H,70,73). The zero-order chi connectivity index (χ0) is 54.3. The molecule has 0 aliphatic carbocycles. The van der Waals surface area contributed by atoms with Crippen LogP contribution in [0.2, 0.25) is 0 Å². The van der Waals surface area contributed by atoms with Crippen molar-refractivity contribution in [2.45, 2.75) is 418 Å². The summed E-state index contributed by atoms with van der Waals surface area (Å²) in [6.07, 6.45) is 78.6. The fourth-order valence-corrected chi connectivity index (χ4v) is 11.4. The highest BCUT2D eigenvalue weighted by atomic mass is 16.5. The summed E-state index contributed by atoms with van der Waals surface area (Å²) >= 11 is 0. The lowest BCUT2D eigenvalue weighted by molar-refractivity contribution is -0.143. The van der Waals surface area contributed by atoms with Gasteiger partial charge >= 0.3 is 5.97 Å². The largest absolute Gasteiger partial charge is 0.466 e. The predicted molar refractivity (Wildman–Crippen MR) is 329 cm³/mol. The first kappa shape index (κ1) is 73.9. The van der Waals surface area contributed by atoms with Gasteiger partial charge in [0.25, 0.3) is 0 Å². The number of amides is 1. The molecule has 0 rings (SSSR count). The summed E-state index contributed by atoms with van der Waals surface area (Å²) in [6.45, 7) is 5.00. The number of nitrogens with one attached hydrogen (secondary N) is 1. The number of unbranched alkanes of at least 4 members (excludes halogenated alkanes) is 55. The van der Waals surface area contributed by atoms with Gasteiger partial charge in [-0.05, 0) is 25.7 Å². The maximum absolute atomic E-state index is 12.5. The zero-order valence-corrected chi connectivity index (χ0v) is 51.3. The molecular formula is C69H137NO5. The molecule has 0 saturated carbocycles. The maximum Gasteiger partial charge on any atom is 0.305 e. The molecule has 2 unspecified atom stereocenters. The molecule has 1 amide bonds. The predicted octanol–water partition coefficient (Wildman–Crippen LogP) is 22.2. The minimum atomic E-state index is -0.661. The smallest absolute Gasteiger partial charge is 0.305 e. The summed E-state index contributed by atoms with van der Waals surface area (Å²) in [5, 5.41) is 23.3. The third-order valence-electron chi connectivity index (χ3n) is 16.7.